The van der Waals surface area contributed by atoms with Crippen molar-refractivity contribution in [3.8, 4) is 70.6 Å². The molecular weight excluding hydrogens is 1730 g/mol. The highest BCUT2D eigenvalue weighted by Gasteiger charge is 2.49. The summed E-state index contributed by atoms with van der Waals surface area (Å²) < 4.78 is 0. The molecule has 6 unspecified atom stereocenters. The molecule has 4 aromatic carbocycles. The second-order valence-electron chi connectivity index (χ2n) is 39.7. The van der Waals surface area contributed by atoms with Crippen LogP contribution in [0.5, 0.6) is 0 Å². The van der Waals surface area contributed by atoms with Crippen LogP contribution in [0.15, 0.2) is 225 Å². The highest BCUT2D eigenvalue weighted by atomic mass is 32.1. The van der Waals surface area contributed by atoms with Crippen molar-refractivity contribution >= 4 is 17.1 Å². The predicted molar refractivity (Wildman–Crippen MR) is 544 cm³/mol. The van der Waals surface area contributed by atoms with Gasteiger partial charge in [0.2, 0.25) is 0 Å². The number of thiophene rings is 1. The molecule has 20 heteroatoms. The van der Waals surface area contributed by atoms with Crippen LogP contribution in [0.4, 0.5) is 0 Å². The summed E-state index contributed by atoms with van der Waals surface area (Å²) >= 11 is 1.75. The molecule has 138 heavy (non-hydrogen) atoms. The number of aryl methyl sites for hydroxylation is 3. The van der Waals surface area contributed by atoms with Gasteiger partial charge in [-0.05, 0) is 289 Å². The zero-order chi connectivity index (χ0) is 95.3. The molecule has 6 N–H and O–H groups in total. The molecular formula is C118H130N12O7S. The van der Waals surface area contributed by atoms with Gasteiger partial charge in [-0.1, -0.05) is 201 Å². The van der Waals surface area contributed by atoms with Crippen molar-refractivity contribution in [1.82, 2.24) is 59.4 Å². The van der Waals surface area contributed by atoms with Gasteiger partial charge in [0.25, 0.3) is 0 Å². The topological polar surface area (TPSA) is 245 Å². The minimum absolute atomic E-state index is 0.183. The summed E-state index contributed by atoms with van der Waals surface area (Å²) in [5.41, 5.74) is 14.4. The fourth-order valence-corrected chi connectivity index (χ4v) is 22.2. The molecule has 710 valence electrons. The Kier molecular flexibility index (Phi) is 32.7. The molecule has 0 radical (unpaired) electrons. The van der Waals surface area contributed by atoms with E-state index in [4.69, 9.17) is 4.98 Å². The Balaban J connectivity index is 0.000000120. The van der Waals surface area contributed by atoms with E-state index >= 15 is 0 Å². The average Bonchev–Trinajstić information content (AvgIpc) is 0.869. The van der Waals surface area contributed by atoms with E-state index in [-0.39, 0.29) is 29.6 Å². The van der Waals surface area contributed by atoms with Crippen molar-refractivity contribution in [1.29, 1.82) is 0 Å². The Labute approximate surface area is 819 Å². The van der Waals surface area contributed by atoms with Gasteiger partial charge in [-0.15, -0.1) is 11.3 Å². The first-order valence-electron chi connectivity index (χ1n) is 50.0. The first kappa shape index (κ1) is 98.1. The number of benzene rings is 4. The number of rotatable bonds is 19. The van der Waals surface area contributed by atoms with Gasteiger partial charge in [0.05, 0.1) is 18.0 Å². The highest BCUT2D eigenvalue weighted by molar-refractivity contribution is 7.09. The van der Waals surface area contributed by atoms with E-state index in [0.717, 1.165) is 255 Å². The van der Waals surface area contributed by atoms with Crippen molar-refractivity contribution in [2.24, 2.45) is 29.6 Å². The lowest BCUT2D eigenvalue weighted by Gasteiger charge is -2.47. The number of hydrogen-bond acceptors (Lipinski definition) is 20. The van der Waals surface area contributed by atoms with Gasteiger partial charge >= 0.3 is 0 Å². The van der Waals surface area contributed by atoms with Crippen LogP contribution in [0.3, 0.4) is 0 Å². The van der Waals surface area contributed by atoms with Gasteiger partial charge in [-0.3, -0.25) is 34.5 Å². The molecule has 0 spiro atoms. The van der Waals surface area contributed by atoms with Gasteiger partial charge in [-0.25, -0.2) is 24.9 Å². The van der Waals surface area contributed by atoms with Gasteiger partial charge in [0.1, 0.15) is 68.0 Å². The molecule has 15 saturated heterocycles. The first-order chi connectivity index (χ1) is 67.1. The molecule has 0 amide bonds. The van der Waals surface area contributed by atoms with Crippen molar-refractivity contribution in [2.45, 2.75) is 190 Å². The molecule has 10 bridgehead atoms. The summed E-state index contributed by atoms with van der Waals surface area (Å²) in [6.45, 7) is 19.7. The number of aromatic nitrogens is 7. The van der Waals surface area contributed by atoms with E-state index in [1.165, 1.54) is 32.7 Å². The van der Waals surface area contributed by atoms with Crippen LogP contribution in [0, 0.1) is 88.8 Å². The zero-order valence-corrected chi connectivity index (χ0v) is 81.0. The Hall–Kier alpha value is -11.6. The maximum Gasteiger partial charge on any atom is 0.141 e. The molecule has 7 aromatic heterocycles. The maximum absolute atomic E-state index is 11.4. The number of ketones is 1. The molecule has 11 aromatic rings. The number of carbonyl (C=O) groups is 1. The number of hydrogen-bond donors (Lipinski definition) is 6. The average molecular weight is 1860 g/mol. The fourth-order valence-electron chi connectivity index (χ4n) is 21.4. The monoisotopic (exact) mass is 1860 g/mol. The molecule has 0 saturated carbocycles. The van der Waals surface area contributed by atoms with E-state index < -0.39 is 28.0 Å². The van der Waals surface area contributed by atoms with Crippen LogP contribution >= 0.6 is 11.3 Å². The summed E-state index contributed by atoms with van der Waals surface area (Å²) in [5, 5.41) is 67.2. The molecule has 19 nitrogen and oxygen atoms in total. The first-order valence-corrected chi connectivity index (χ1v) is 50.9. The van der Waals surface area contributed by atoms with Crippen molar-refractivity contribution in [3.05, 3.63) is 325 Å². The Morgan fingerprint density at radius 2 is 0.725 bits per heavy atom. The van der Waals surface area contributed by atoms with Crippen LogP contribution in [-0.2, 0) is 56.2 Å². The zero-order valence-electron chi connectivity index (χ0n) is 80.1. The SMILES string of the molecule is CC(=O)CCc1cnc(C#CC2(O)CN3CCC2CC3)c(Cc2ccccc2)c1.CC(O)CCc1cnc(C#CC2(O)CN3CCC2CC3)c(Cc2ccccc2)c1.CCCc1cnc(C#CC2(O)CN3CCC2CC3)c(Cc2ccccc2)c1.OC1(C#Cc2nc(-c3cnccn3)ccc2Cc2ccccc2)CN2CCC1CC2.OC1(C#Cc2ncccc2Cc2cccs2)CN2CCC1CC2. The maximum atomic E-state index is 11.4. The summed E-state index contributed by atoms with van der Waals surface area (Å²) in [7, 11) is 0. The van der Waals surface area contributed by atoms with Crippen molar-refractivity contribution in [2.75, 3.05) is 98.2 Å². The quantitative estimate of drug-likeness (QED) is 0.0412. The van der Waals surface area contributed by atoms with Gasteiger partial charge in [0.15, 0.2) is 0 Å². The minimum Gasteiger partial charge on any atom is -0.393 e. The predicted octanol–water partition coefficient (Wildman–Crippen LogP) is 14.7. The number of nitrogens with zero attached hydrogens (tertiary/aromatic N) is 12. The molecule has 15 aliphatic heterocycles. The smallest absolute Gasteiger partial charge is 0.141 e. The van der Waals surface area contributed by atoms with E-state index in [0.29, 0.717) is 68.8 Å². The van der Waals surface area contributed by atoms with Gasteiger partial charge < -0.3 is 35.4 Å². The number of aliphatic hydroxyl groups is 6. The Morgan fingerprint density at radius 1 is 0.370 bits per heavy atom. The summed E-state index contributed by atoms with van der Waals surface area (Å²) in [6, 6.07) is 60.2. The van der Waals surface area contributed by atoms with E-state index in [2.05, 4.69) is 229 Å². The second kappa shape index (κ2) is 46.0. The summed E-state index contributed by atoms with van der Waals surface area (Å²) in [5.74, 6) is 33.7. The summed E-state index contributed by atoms with van der Waals surface area (Å²) in [6.07, 6.45) is 31.2. The lowest BCUT2D eigenvalue weighted by Crippen LogP contribution is -2.58. The number of pyridine rings is 5. The molecule has 15 aliphatic rings. The van der Waals surface area contributed by atoms with Crippen molar-refractivity contribution in [3.63, 3.8) is 0 Å². The Morgan fingerprint density at radius 3 is 1.06 bits per heavy atom. The van der Waals surface area contributed by atoms with Crippen LogP contribution in [0.1, 0.15) is 204 Å². The minimum atomic E-state index is -0.954. The second-order valence-corrected chi connectivity index (χ2v) is 40.8. The number of aliphatic hydroxyl groups excluding tert-OH is 1. The highest BCUT2D eigenvalue weighted by Crippen LogP contribution is 2.41. The third-order valence-electron chi connectivity index (χ3n) is 29.4. The van der Waals surface area contributed by atoms with Crippen LogP contribution in [-0.4, -0.2) is 228 Å². The van der Waals surface area contributed by atoms with Crippen molar-refractivity contribution < 1.29 is 35.4 Å². The molecule has 26 rings (SSSR count). The third-order valence-corrected chi connectivity index (χ3v) is 30.3. The largest absolute Gasteiger partial charge is 0.393 e. The molecule has 15 fully saturated rings. The van der Waals surface area contributed by atoms with Gasteiger partial charge in [0, 0.05) is 143 Å². The number of fused-ring (bicyclic) bond motifs is 15. The Bertz CT molecular complexity index is 6260. The summed E-state index contributed by atoms with van der Waals surface area (Å²) in [4.78, 5) is 56.0. The molecule has 6 atom stereocenters. The van der Waals surface area contributed by atoms with Gasteiger partial charge in [-0.2, -0.15) is 0 Å². The number of carbonyl (C=O) groups excluding carboxylic acids is 1. The lowest BCUT2D eigenvalue weighted by molar-refractivity contribution is -0.117. The van der Waals surface area contributed by atoms with Crippen LogP contribution < -0.4 is 0 Å². The lowest BCUT2D eigenvalue weighted by atomic mass is 9.76. The van der Waals surface area contributed by atoms with Crippen LogP contribution in [0.25, 0.3) is 11.4 Å². The van der Waals surface area contributed by atoms with E-state index in [1.807, 2.05) is 98.3 Å². The standard InChI is InChI=1S/C25H24N4O.C25H30N2O2.C25H28N2O2.C24H28N2O.C19H20N2OS/c30-25(18-29-14-9-21(25)10-15-29)11-8-22-20(16-19-4-2-1-3-5-19)6-7-23(28-22)24-17-26-12-13-27-24;2*1-19(28)7-8-21-16-22(15-20-5-3-2-4-6-20)24(26-17-21)9-12-25(29)18-27-13-10-23(25)11-14-27;1-2-6-20-16-21(15-19-7-4-3-5-8-19)23(25-17-20)9-12-24(27)18-26-13-10-22(24)11-14-26;22-19(14-21-10-6-16(19)7-11-21)8-5-18-15(3-1-9-20-18)13-17-4-2-12-23-17/h1-7,12-13,17,21,30H,9-10,14-16,18H2;2-6,16-17,19,23,28-29H,7-8,10-11,13-15,18H2,1H3;2-6,16-17,23,29H,7-8,10-11,13-15,18H2,1H3;3-5,7-8,16-17,22,27H,2,6,10-11,13-15,18H2,1H3;1-4,9,12,16,22H,6-7,10-11,13-14H2. The number of Topliss-reactive ketones (excluding diaryl/α,β-unsaturated/α-hetero) is 1. The third kappa shape index (κ3) is 25.9. The molecule has 22 heterocycles. The van der Waals surface area contributed by atoms with E-state index in [1.54, 1.807) is 43.0 Å². The molecule has 0 aliphatic carbocycles. The normalized spacial score (nSPS) is 26.3. The van der Waals surface area contributed by atoms with Crippen LogP contribution in [0.2, 0.25) is 0 Å². The van der Waals surface area contributed by atoms with E-state index in [9.17, 15) is 35.4 Å². The number of piperidine rings is 15. The fraction of sp³-hybridized carbons (Fsp3) is 0.424.